The molecular weight excluding hydrogens is 465 g/mol. The van der Waals surface area contributed by atoms with E-state index in [0.29, 0.717) is 11.3 Å². The standard InChI is InChI=1S/C27H24FN3O5/c1-27(2)35-25-24(33)20(34-26(25)36-27)14-31-22(18-8-7-15-5-3-4-6-17(15)13-18)21(29-30-31)23(32)16-9-11-19(28)12-10-16/h3-13,20,24-26,33H,14H2,1-2H3/t20-,24+,25-,26-/m1/s1. The third-order valence-corrected chi connectivity index (χ3v) is 6.55. The highest BCUT2D eigenvalue weighted by Gasteiger charge is 2.54. The van der Waals surface area contributed by atoms with E-state index in [0.717, 1.165) is 16.3 Å². The number of nitrogens with zero attached hydrogens (tertiary/aromatic N) is 3. The zero-order valence-corrected chi connectivity index (χ0v) is 19.7. The van der Waals surface area contributed by atoms with Crippen LogP contribution in [0.3, 0.4) is 0 Å². The summed E-state index contributed by atoms with van der Waals surface area (Å²) in [5.41, 5.74) is 1.62. The number of fused-ring (bicyclic) bond motifs is 2. The fourth-order valence-corrected chi connectivity index (χ4v) is 4.83. The summed E-state index contributed by atoms with van der Waals surface area (Å²) in [6.07, 6.45) is -2.97. The summed E-state index contributed by atoms with van der Waals surface area (Å²) < 4.78 is 32.5. The lowest BCUT2D eigenvalue weighted by molar-refractivity contribution is -0.216. The molecule has 9 heteroatoms. The van der Waals surface area contributed by atoms with E-state index in [1.54, 1.807) is 18.5 Å². The normalized spacial score (nSPS) is 24.8. The highest BCUT2D eigenvalue weighted by atomic mass is 19.1. The Morgan fingerprint density at radius 3 is 2.56 bits per heavy atom. The van der Waals surface area contributed by atoms with Crippen LogP contribution in [0.5, 0.6) is 0 Å². The lowest BCUT2D eigenvalue weighted by Crippen LogP contribution is -2.36. The molecule has 0 bridgehead atoms. The lowest BCUT2D eigenvalue weighted by Gasteiger charge is -2.23. The van der Waals surface area contributed by atoms with Crippen LogP contribution in [0.15, 0.2) is 66.7 Å². The number of carbonyl (C=O) groups excluding carboxylic acids is 1. The number of aromatic nitrogens is 3. The first kappa shape index (κ1) is 22.9. The Morgan fingerprint density at radius 2 is 1.81 bits per heavy atom. The minimum absolute atomic E-state index is 0.118. The van der Waals surface area contributed by atoms with Crippen molar-refractivity contribution >= 4 is 16.6 Å². The van der Waals surface area contributed by atoms with Crippen molar-refractivity contribution in [2.75, 3.05) is 0 Å². The molecular formula is C27H24FN3O5. The van der Waals surface area contributed by atoms with Crippen LogP contribution >= 0.6 is 0 Å². The van der Waals surface area contributed by atoms with Crippen molar-refractivity contribution in [1.29, 1.82) is 0 Å². The van der Waals surface area contributed by atoms with Gasteiger partial charge in [0.2, 0.25) is 5.78 Å². The molecule has 4 atom stereocenters. The van der Waals surface area contributed by atoms with E-state index < -0.39 is 36.2 Å². The van der Waals surface area contributed by atoms with Crippen molar-refractivity contribution < 1.29 is 28.5 Å². The van der Waals surface area contributed by atoms with Gasteiger partial charge in [0, 0.05) is 11.1 Å². The smallest absolute Gasteiger partial charge is 0.215 e. The zero-order chi connectivity index (χ0) is 25.0. The van der Waals surface area contributed by atoms with E-state index in [2.05, 4.69) is 10.3 Å². The number of ether oxygens (including phenoxy) is 3. The molecule has 36 heavy (non-hydrogen) atoms. The van der Waals surface area contributed by atoms with Gasteiger partial charge in [-0.25, -0.2) is 9.07 Å². The Morgan fingerprint density at radius 1 is 1.06 bits per heavy atom. The summed E-state index contributed by atoms with van der Waals surface area (Å²) in [6, 6.07) is 19.0. The Labute approximate surface area is 206 Å². The number of carbonyl (C=O) groups is 1. The molecule has 0 aliphatic carbocycles. The lowest BCUT2D eigenvalue weighted by atomic mass is 10.00. The molecule has 184 valence electrons. The first-order chi connectivity index (χ1) is 17.3. The van der Waals surface area contributed by atoms with Gasteiger partial charge in [0.1, 0.15) is 29.8 Å². The predicted molar refractivity (Wildman–Crippen MR) is 128 cm³/mol. The summed E-state index contributed by atoms with van der Waals surface area (Å²) >= 11 is 0. The first-order valence-electron chi connectivity index (χ1n) is 11.7. The molecule has 0 saturated carbocycles. The van der Waals surface area contributed by atoms with Crippen LogP contribution in [-0.4, -0.2) is 56.3 Å². The van der Waals surface area contributed by atoms with E-state index in [1.807, 2.05) is 42.5 Å². The second-order valence-electron chi connectivity index (χ2n) is 9.50. The van der Waals surface area contributed by atoms with Gasteiger partial charge in [-0.05, 0) is 55.0 Å². The molecule has 1 N–H and O–H groups in total. The maximum Gasteiger partial charge on any atom is 0.215 e. The number of hydrogen-bond donors (Lipinski definition) is 1. The number of halogens is 1. The molecule has 3 heterocycles. The SMILES string of the molecule is CC1(C)O[C@H]2O[C@H](Cn3nnc(C(=O)c4ccc(F)cc4)c3-c3ccc4ccccc4c3)[C@H](O)[C@H]2O1. The van der Waals surface area contributed by atoms with Gasteiger partial charge in [-0.3, -0.25) is 4.79 Å². The first-order valence-corrected chi connectivity index (χ1v) is 11.7. The van der Waals surface area contributed by atoms with Crippen LogP contribution in [0.2, 0.25) is 0 Å². The van der Waals surface area contributed by atoms with Crippen LogP contribution in [0, 0.1) is 5.82 Å². The quantitative estimate of drug-likeness (QED) is 0.427. The number of rotatable bonds is 5. The highest BCUT2D eigenvalue weighted by molar-refractivity contribution is 6.11. The van der Waals surface area contributed by atoms with Crippen LogP contribution < -0.4 is 0 Å². The average Bonchev–Trinajstić information content (AvgIpc) is 3.50. The van der Waals surface area contributed by atoms with Crippen molar-refractivity contribution in [2.45, 2.75) is 50.8 Å². The minimum Gasteiger partial charge on any atom is -0.387 e. The number of aliphatic hydroxyl groups is 1. The molecule has 2 saturated heterocycles. The van der Waals surface area contributed by atoms with E-state index in [4.69, 9.17) is 14.2 Å². The summed E-state index contributed by atoms with van der Waals surface area (Å²) in [4.78, 5) is 13.4. The van der Waals surface area contributed by atoms with Gasteiger partial charge < -0.3 is 19.3 Å². The van der Waals surface area contributed by atoms with Crippen LogP contribution in [0.1, 0.15) is 29.9 Å². The van der Waals surface area contributed by atoms with Crippen LogP contribution in [0.4, 0.5) is 4.39 Å². The Bertz CT molecular complexity index is 1450. The van der Waals surface area contributed by atoms with Gasteiger partial charge >= 0.3 is 0 Å². The molecule has 2 fully saturated rings. The molecule has 1 aromatic heterocycles. The molecule has 2 aliphatic heterocycles. The number of benzene rings is 3. The second kappa shape index (κ2) is 8.56. The van der Waals surface area contributed by atoms with Crippen molar-refractivity contribution in [3.8, 4) is 11.3 Å². The fourth-order valence-electron chi connectivity index (χ4n) is 4.83. The third kappa shape index (κ3) is 4.00. The Balaban J connectivity index is 1.39. The highest BCUT2D eigenvalue weighted by Crippen LogP contribution is 2.38. The summed E-state index contributed by atoms with van der Waals surface area (Å²) in [6.45, 7) is 3.64. The van der Waals surface area contributed by atoms with Crippen molar-refractivity contribution in [3.63, 3.8) is 0 Å². The molecule has 6 rings (SSSR count). The molecule has 2 aliphatic rings. The number of ketones is 1. The average molecular weight is 490 g/mol. The van der Waals surface area contributed by atoms with Gasteiger partial charge in [0.25, 0.3) is 0 Å². The number of aliphatic hydroxyl groups excluding tert-OH is 1. The maximum atomic E-state index is 13.5. The van der Waals surface area contributed by atoms with Crippen molar-refractivity contribution in [2.24, 2.45) is 0 Å². The van der Waals surface area contributed by atoms with Gasteiger partial charge in [-0.1, -0.05) is 41.6 Å². The van der Waals surface area contributed by atoms with Crippen LogP contribution in [-0.2, 0) is 20.8 Å². The second-order valence-corrected chi connectivity index (χ2v) is 9.50. The molecule has 3 aromatic carbocycles. The fraction of sp³-hybridized carbons (Fsp3) is 0.296. The predicted octanol–water partition coefficient (Wildman–Crippen LogP) is 3.71. The topological polar surface area (TPSA) is 95.7 Å². The van der Waals surface area contributed by atoms with E-state index in [9.17, 15) is 14.3 Å². The maximum absolute atomic E-state index is 13.5. The monoisotopic (exact) mass is 489 g/mol. The third-order valence-electron chi connectivity index (χ3n) is 6.55. The minimum atomic E-state index is -0.957. The molecule has 4 aromatic rings. The molecule has 0 unspecified atom stereocenters. The molecule has 0 amide bonds. The zero-order valence-electron chi connectivity index (χ0n) is 19.7. The van der Waals surface area contributed by atoms with Crippen molar-refractivity contribution in [3.05, 3.63) is 83.8 Å². The summed E-state index contributed by atoms with van der Waals surface area (Å²) in [5.74, 6) is -1.67. The molecule has 0 spiro atoms. The van der Waals surface area contributed by atoms with Gasteiger partial charge in [0.05, 0.1) is 6.54 Å². The van der Waals surface area contributed by atoms with E-state index in [1.165, 1.54) is 24.3 Å². The van der Waals surface area contributed by atoms with Gasteiger partial charge in [0.15, 0.2) is 17.8 Å². The number of hydrogen-bond acceptors (Lipinski definition) is 7. The van der Waals surface area contributed by atoms with Crippen LogP contribution in [0.25, 0.3) is 22.0 Å². The molecule has 8 nitrogen and oxygen atoms in total. The van der Waals surface area contributed by atoms with Gasteiger partial charge in [-0.2, -0.15) is 0 Å². The van der Waals surface area contributed by atoms with Gasteiger partial charge in [-0.15, -0.1) is 5.10 Å². The summed E-state index contributed by atoms with van der Waals surface area (Å²) in [7, 11) is 0. The largest absolute Gasteiger partial charge is 0.387 e. The van der Waals surface area contributed by atoms with E-state index in [-0.39, 0.29) is 18.0 Å². The van der Waals surface area contributed by atoms with E-state index >= 15 is 0 Å². The van der Waals surface area contributed by atoms with Crippen molar-refractivity contribution in [1.82, 2.24) is 15.0 Å². The Kier molecular flexibility index (Phi) is 5.45. The Hall–Kier alpha value is -3.50. The summed E-state index contributed by atoms with van der Waals surface area (Å²) in [5, 5.41) is 21.4. The molecule has 0 radical (unpaired) electrons.